The molecule has 156 valence electrons. The lowest BCUT2D eigenvalue weighted by molar-refractivity contribution is 0.0630. The molecule has 8 nitrogen and oxygen atoms in total. The van der Waals surface area contributed by atoms with E-state index >= 15 is 0 Å². The minimum atomic E-state index is 0.107. The monoisotopic (exact) mass is 423 g/mol. The molecule has 30 heavy (non-hydrogen) atoms. The minimum absolute atomic E-state index is 0.107. The molecule has 4 rings (SSSR count). The second-order valence-corrected chi connectivity index (χ2v) is 8.06. The van der Waals surface area contributed by atoms with Crippen LogP contribution in [0.4, 0.5) is 17.6 Å². The molecule has 0 bridgehead atoms. The zero-order chi connectivity index (χ0) is 20.9. The van der Waals surface area contributed by atoms with Crippen molar-refractivity contribution in [3.8, 4) is 0 Å². The Labute approximate surface area is 179 Å². The molecule has 3 heterocycles. The van der Waals surface area contributed by atoms with Crippen molar-refractivity contribution in [2.45, 2.75) is 19.9 Å². The molecule has 0 spiro atoms. The number of piperazine rings is 1. The van der Waals surface area contributed by atoms with Crippen LogP contribution in [-0.2, 0) is 13.0 Å². The maximum atomic E-state index is 12.5. The van der Waals surface area contributed by atoms with Crippen LogP contribution in [0, 0.1) is 0 Å². The van der Waals surface area contributed by atoms with Crippen LogP contribution in [0.25, 0.3) is 0 Å². The number of nitrogens with one attached hydrogen (secondary N) is 1. The predicted octanol–water partition coefficient (Wildman–Crippen LogP) is 2.78. The number of hydrogen-bond donors (Lipinski definition) is 2. The van der Waals surface area contributed by atoms with Gasteiger partial charge in [0.25, 0.3) is 5.91 Å². The standard InChI is InChI=1S/C21H25N7OS/c1-2-15-6-3-4-7-16(15)23-21-25-18(24-20(22)26-21)14-27-9-11-28(12-10-27)19(29)17-8-5-13-30-17/h3-8,13H,2,9-12,14H2,1H3,(H3,22,23,24,25,26). The van der Waals surface area contributed by atoms with Gasteiger partial charge in [-0.3, -0.25) is 9.69 Å². The highest BCUT2D eigenvalue weighted by Gasteiger charge is 2.23. The van der Waals surface area contributed by atoms with Gasteiger partial charge in [-0.15, -0.1) is 11.3 Å². The Morgan fingerprint density at radius 2 is 1.90 bits per heavy atom. The summed E-state index contributed by atoms with van der Waals surface area (Å²) in [5.41, 5.74) is 8.09. The lowest BCUT2D eigenvalue weighted by Gasteiger charge is -2.34. The highest BCUT2D eigenvalue weighted by molar-refractivity contribution is 7.12. The summed E-state index contributed by atoms with van der Waals surface area (Å²) in [4.78, 5) is 30.5. The van der Waals surface area contributed by atoms with E-state index < -0.39 is 0 Å². The van der Waals surface area contributed by atoms with E-state index in [0.29, 0.717) is 31.4 Å². The van der Waals surface area contributed by atoms with Crippen LogP contribution >= 0.6 is 11.3 Å². The molecule has 1 saturated heterocycles. The summed E-state index contributed by atoms with van der Waals surface area (Å²) in [7, 11) is 0. The van der Waals surface area contributed by atoms with E-state index in [4.69, 9.17) is 5.73 Å². The third-order valence-corrected chi connectivity index (χ3v) is 5.96. The van der Waals surface area contributed by atoms with E-state index in [0.717, 1.165) is 30.1 Å². The Bertz CT molecular complexity index is 1000. The number of rotatable bonds is 6. The van der Waals surface area contributed by atoms with Crippen molar-refractivity contribution in [3.63, 3.8) is 0 Å². The van der Waals surface area contributed by atoms with Gasteiger partial charge in [0.15, 0.2) is 0 Å². The Balaban J connectivity index is 1.39. The number of nitrogens with zero attached hydrogens (tertiary/aromatic N) is 5. The molecule has 1 aliphatic heterocycles. The van der Waals surface area contributed by atoms with Gasteiger partial charge in [-0.25, -0.2) is 0 Å². The van der Waals surface area contributed by atoms with Crippen molar-refractivity contribution in [3.05, 3.63) is 58.0 Å². The molecule has 3 N–H and O–H groups in total. The quantitative estimate of drug-likeness (QED) is 0.629. The van der Waals surface area contributed by atoms with Crippen molar-refractivity contribution in [2.24, 2.45) is 0 Å². The summed E-state index contributed by atoms with van der Waals surface area (Å²) in [6.45, 7) is 5.58. The summed E-state index contributed by atoms with van der Waals surface area (Å²) >= 11 is 1.48. The van der Waals surface area contributed by atoms with Crippen LogP contribution in [0.2, 0.25) is 0 Å². The first-order chi connectivity index (χ1) is 14.6. The van der Waals surface area contributed by atoms with Gasteiger partial charge in [0.05, 0.1) is 11.4 Å². The lowest BCUT2D eigenvalue weighted by Crippen LogP contribution is -2.48. The van der Waals surface area contributed by atoms with Crippen LogP contribution in [0.5, 0.6) is 0 Å². The molecule has 3 aromatic rings. The molecule has 0 atom stereocenters. The predicted molar refractivity (Wildman–Crippen MR) is 119 cm³/mol. The number of amides is 1. The molecule has 0 saturated carbocycles. The van der Waals surface area contributed by atoms with Gasteiger partial charge in [-0.2, -0.15) is 15.0 Å². The summed E-state index contributed by atoms with van der Waals surface area (Å²) < 4.78 is 0. The second kappa shape index (κ2) is 9.19. The third kappa shape index (κ3) is 4.74. The number of nitrogens with two attached hydrogens (primary N) is 1. The zero-order valence-corrected chi connectivity index (χ0v) is 17.7. The minimum Gasteiger partial charge on any atom is -0.368 e. The SMILES string of the molecule is CCc1ccccc1Nc1nc(N)nc(CN2CCN(C(=O)c3cccs3)CC2)n1. The summed E-state index contributed by atoms with van der Waals surface area (Å²) in [5.74, 6) is 1.38. The topological polar surface area (TPSA) is 100 Å². The van der Waals surface area contributed by atoms with Gasteiger partial charge >= 0.3 is 0 Å². The Hall–Kier alpha value is -3.04. The molecule has 1 fully saturated rings. The van der Waals surface area contributed by atoms with E-state index in [1.807, 2.05) is 40.6 Å². The number of para-hydroxylation sites is 1. The molecule has 0 unspecified atom stereocenters. The maximum Gasteiger partial charge on any atom is 0.264 e. The molecule has 9 heteroatoms. The molecule has 1 amide bonds. The van der Waals surface area contributed by atoms with E-state index in [2.05, 4.69) is 38.2 Å². The van der Waals surface area contributed by atoms with Gasteiger partial charge in [-0.05, 0) is 29.5 Å². The number of hydrogen-bond acceptors (Lipinski definition) is 8. The fourth-order valence-electron chi connectivity index (χ4n) is 3.50. The Morgan fingerprint density at radius 1 is 1.10 bits per heavy atom. The van der Waals surface area contributed by atoms with Gasteiger partial charge in [-0.1, -0.05) is 31.2 Å². The average Bonchev–Trinajstić information content (AvgIpc) is 3.29. The fourth-order valence-corrected chi connectivity index (χ4v) is 4.19. The fraction of sp³-hybridized carbons (Fsp3) is 0.333. The van der Waals surface area contributed by atoms with Crippen molar-refractivity contribution < 1.29 is 4.79 Å². The van der Waals surface area contributed by atoms with Gasteiger partial charge in [0.2, 0.25) is 11.9 Å². The molecule has 1 aromatic carbocycles. The van der Waals surface area contributed by atoms with Gasteiger partial charge in [0.1, 0.15) is 5.82 Å². The number of aromatic nitrogens is 3. The largest absolute Gasteiger partial charge is 0.368 e. The second-order valence-electron chi connectivity index (χ2n) is 7.11. The number of carbonyl (C=O) groups excluding carboxylic acids is 1. The van der Waals surface area contributed by atoms with Gasteiger partial charge in [0, 0.05) is 31.9 Å². The van der Waals surface area contributed by atoms with Crippen LogP contribution < -0.4 is 11.1 Å². The Kier molecular flexibility index (Phi) is 6.20. The number of thiophene rings is 1. The maximum absolute atomic E-state index is 12.5. The van der Waals surface area contributed by atoms with E-state index in [1.54, 1.807) is 0 Å². The van der Waals surface area contributed by atoms with E-state index in [-0.39, 0.29) is 11.9 Å². The third-order valence-electron chi connectivity index (χ3n) is 5.10. The first-order valence-corrected chi connectivity index (χ1v) is 10.9. The molecule has 1 aliphatic rings. The average molecular weight is 424 g/mol. The summed E-state index contributed by atoms with van der Waals surface area (Å²) in [6, 6.07) is 11.8. The molecule has 0 radical (unpaired) electrons. The first kappa shape index (κ1) is 20.2. The highest BCUT2D eigenvalue weighted by Crippen LogP contribution is 2.20. The number of benzene rings is 1. The number of carbonyl (C=O) groups is 1. The summed E-state index contributed by atoms with van der Waals surface area (Å²) in [5, 5.41) is 5.20. The number of nitrogen functional groups attached to an aromatic ring is 1. The molecular weight excluding hydrogens is 398 g/mol. The van der Waals surface area contributed by atoms with Crippen LogP contribution in [0.1, 0.15) is 28.0 Å². The van der Waals surface area contributed by atoms with Gasteiger partial charge < -0.3 is 16.0 Å². The normalized spacial score (nSPS) is 14.6. The molecular formula is C21H25N7OS. The molecule has 2 aromatic heterocycles. The Morgan fingerprint density at radius 3 is 2.63 bits per heavy atom. The molecule has 0 aliphatic carbocycles. The van der Waals surface area contributed by atoms with E-state index in [9.17, 15) is 4.79 Å². The van der Waals surface area contributed by atoms with Crippen LogP contribution in [-0.4, -0.2) is 56.8 Å². The zero-order valence-electron chi connectivity index (χ0n) is 16.9. The van der Waals surface area contributed by atoms with Crippen molar-refractivity contribution in [2.75, 3.05) is 37.2 Å². The van der Waals surface area contributed by atoms with Crippen molar-refractivity contribution in [1.29, 1.82) is 0 Å². The summed E-state index contributed by atoms with van der Waals surface area (Å²) in [6.07, 6.45) is 0.908. The number of anilines is 3. The van der Waals surface area contributed by atoms with Crippen molar-refractivity contribution in [1.82, 2.24) is 24.8 Å². The number of aryl methyl sites for hydroxylation is 1. The lowest BCUT2D eigenvalue weighted by atomic mass is 10.1. The highest BCUT2D eigenvalue weighted by atomic mass is 32.1. The van der Waals surface area contributed by atoms with Crippen molar-refractivity contribution >= 4 is 34.8 Å². The first-order valence-electron chi connectivity index (χ1n) is 10.0. The van der Waals surface area contributed by atoms with E-state index in [1.165, 1.54) is 16.9 Å². The smallest absolute Gasteiger partial charge is 0.264 e. The van der Waals surface area contributed by atoms with Crippen LogP contribution in [0.3, 0.4) is 0 Å². The van der Waals surface area contributed by atoms with Crippen LogP contribution in [0.15, 0.2) is 41.8 Å².